The maximum absolute atomic E-state index is 3.25. The van der Waals surface area contributed by atoms with Crippen molar-refractivity contribution in [3.05, 3.63) is 0 Å². The van der Waals surface area contributed by atoms with E-state index in [1.54, 1.807) is 0 Å². The van der Waals surface area contributed by atoms with E-state index >= 15 is 0 Å². The molecule has 131 valence electrons. The van der Waals surface area contributed by atoms with E-state index in [9.17, 15) is 0 Å². The van der Waals surface area contributed by atoms with E-state index in [1.807, 2.05) is 0 Å². The highest BCUT2D eigenvalue weighted by Gasteiger charge is 1.90. The van der Waals surface area contributed by atoms with Gasteiger partial charge >= 0.3 is 0 Å². The second-order valence-electron chi connectivity index (χ2n) is 6.43. The summed E-state index contributed by atoms with van der Waals surface area (Å²) in [5.74, 6) is 6.51. The zero-order chi connectivity index (χ0) is 16.8. The Hall–Kier alpha value is -0.450. The molecule has 0 aliphatic carbocycles. The van der Waals surface area contributed by atoms with Gasteiger partial charge in [0.2, 0.25) is 0 Å². The summed E-state index contributed by atoms with van der Waals surface area (Å²) in [7, 11) is 1.01. The minimum atomic E-state index is 1.01. The number of hydrogen-bond donors (Lipinski definition) is 0. The van der Waals surface area contributed by atoms with Crippen LogP contribution in [0.4, 0.5) is 0 Å². The Kier molecular flexibility index (Phi) is 21.1. The second-order valence-corrected chi connectivity index (χ2v) is 7.10. The lowest BCUT2D eigenvalue weighted by atomic mass is 10.1. The van der Waals surface area contributed by atoms with Crippen LogP contribution in [0.2, 0.25) is 0 Å². The number of hydrogen-bond acceptors (Lipinski definition) is 0. The molecule has 0 rings (SSSR count). The molecule has 0 atom stereocenters. The molecule has 0 N–H and O–H groups in total. The van der Waals surface area contributed by atoms with Crippen molar-refractivity contribution in [1.29, 1.82) is 0 Å². The van der Waals surface area contributed by atoms with E-state index < -0.39 is 0 Å². The molecule has 1 heteroatoms. The fourth-order valence-corrected chi connectivity index (χ4v) is 3.00. The van der Waals surface area contributed by atoms with Crippen molar-refractivity contribution in [3.8, 4) is 23.2 Å². The molecule has 0 saturated carbocycles. The summed E-state index contributed by atoms with van der Waals surface area (Å²) < 4.78 is 0. The minimum Gasteiger partial charge on any atom is -0.0972 e. The Morgan fingerprint density at radius 2 is 0.826 bits per heavy atom. The molecule has 0 aromatic carbocycles. The average Bonchev–Trinajstić information content (AvgIpc) is 2.57. The molecule has 0 heterocycles. The van der Waals surface area contributed by atoms with Crippen LogP contribution in [-0.2, 0) is 0 Å². The quantitative estimate of drug-likeness (QED) is 0.171. The summed E-state index contributed by atoms with van der Waals surface area (Å²) in [4.78, 5) is 0. The smallest absolute Gasteiger partial charge is 0.0972 e. The van der Waals surface area contributed by atoms with Crippen LogP contribution in [0.5, 0.6) is 0 Å². The van der Waals surface area contributed by atoms with Gasteiger partial charge in [0.15, 0.2) is 0 Å². The first-order valence-corrected chi connectivity index (χ1v) is 11.0. The SMILES string of the molecule is CCCCCCCCCC#C[P]C#CCCCCCCCCC. The first-order valence-electron chi connectivity index (χ1n) is 10.1. The molecule has 0 fully saturated rings. The van der Waals surface area contributed by atoms with E-state index in [1.165, 1.54) is 89.9 Å². The predicted molar refractivity (Wildman–Crippen MR) is 108 cm³/mol. The molecule has 0 aliphatic rings. The molecule has 0 unspecified atom stereocenters. The average molecular weight is 334 g/mol. The van der Waals surface area contributed by atoms with Crippen molar-refractivity contribution in [2.45, 2.75) is 117 Å². The van der Waals surface area contributed by atoms with Crippen LogP contribution in [0.25, 0.3) is 0 Å². The molecule has 0 saturated heterocycles. The van der Waals surface area contributed by atoms with E-state index in [0.29, 0.717) is 0 Å². The summed E-state index contributed by atoms with van der Waals surface area (Å²) in [5.41, 5.74) is 6.34. The second kappa shape index (κ2) is 21.6. The third kappa shape index (κ3) is 21.6. The van der Waals surface area contributed by atoms with Crippen molar-refractivity contribution in [3.63, 3.8) is 0 Å². The third-order valence-electron chi connectivity index (χ3n) is 4.08. The van der Waals surface area contributed by atoms with Gasteiger partial charge in [-0.2, -0.15) is 0 Å². The first kappa shape index (κ1) is 22.6. The van der Waals surface area contributed by atoms with Gasteiger partial charge in [-0.05, 0) is 12.8 Å². The fraction of sp³-hybridized carbons (Fsp3) is 0.818. The van der Waals surface area contributed by atoms with Gasteiger partial charge < -0.3 is 0 Å². The Bertz CT molecular complexity index is 302. The van der Waals surface area contributed by atoms with E-state index in [-0.39, 0.29) is 0 Å². The number of rotatable bonds is 14. The third-order valence-corrected chi connectivity index (χ3v) is 4.62. The summed E-state index contributed by atoms with van der Waals surface area (Å²) in [6, 6.07) is 0. The van der Waals surface area contributed by atoms with E-state index in [2.05, 4.69) is 37.0 Å². The van der Waals surface area contributed by atoms with Crippen LogP contribution in [0, 0.1) is 23.2 Å². The summed E-state index contributed by atoms with van der Waals surface area (Å²) in [5, 5.41) is 0. The van der Waals surface area contributed by atoms with Crippen molar-refractivity contribution in [1.82, 2.24) is 0 Å². The summed E-state index contributed by atoms with van der Waals surface area (Å²) in [6.45, 7) is 4.54. The fourth-order valence-electron chi connectivity index (χ4n) is 2.56. The van der Waals surface area contributed by atoms with Crippen LogP contribution in [0.3, 0.4) is 0 Å². The summed E-state index contributed by atoms with van der Waals surface area (Å²) >= 11 is 0. The van der Waals surface area contributed by atoms with Gasteiger partial charge in [-0.3, -0.25) is 0 Å². The molecule has 0 aromatic rings. The molecule has 0 aromatic heterocycles. The molecule has 0 amide bonds. The Labute approximate surface area is 148 Å². The van der Waals surface area contributed by atoms with E-state index in [0.717, 1.165) is 21.4 Å². The van der Waals surface area contributed by atoms with Gasteiger partial charge in [0.1, 0.15) is 0 Å². The molecule has 0 nitrogen and oxygen atoms in total. The van der Waals surface area contributed by atoms with Crippen molar-refractivity contribution in [2.24, 2.45) is 0 Å². The zero-order valence-corrected chi connectivity index (χ0v) is 16.7. The maximum atomic E-state index is 3.25. The lowest BCUT2D eigenvalue weighted by Gasteiger charge is -1.97. The highest BCUT2D eigenvalue weighted by atomic mass is 31.1. The Morgan fingerprint density at radius 3 is 1.22 bits per heavy atom. The van der Waals surface area contributed by atoms with Gasteiger partial charge in [-0.25, -0.2) is 0 Å². The van der Waals surface area contributed by atoms with Crippen LogP contribution in [0.15, 0.2) is 0 Å². The monoisotopic (exact) mass is 333 g/mol. The van der Waals surface area contributed by atoms with Crippen LogP contribution in [-0.4, -0.2) is 0 Å². The lowest BCUT2D eigenvalue weighted by Crippen LogP contribution is -1.78. The van der Waals surface area contributed by atoms with Gasteiger partial charge in [0.25, 0.3) is 0 Å². The maximum Gasteiger partial charge on any atom is 0.0995 e. The van der Waals surface area contributed by atoms with E-state index in [4.69, 9.17) is 0 Å². The Morgan fingerprint density at radius 1 is 0.478 bits per heavy atom. The molecular formula is C22H38P. The number of unbranched alkanes of at least 4 members (excludes halogenated alkanes) is 14. The lowest BCUT2D eigenvalue weighted by molar-refractivity contribution is 0.594. The molecule has 0 spiro atoms. The summed E-state index contributed by atoms with van der Waals surface area (Å²) in [6.07, 6.45) is 21.2. The van der Waals surface area contributed by atoms with Crippen molar-refractivity contribution >= 4 is 8.58 Å². The van der Waals surface area contributed by atoms with Crippen LogP contribution >= 0.6 is 8.58 Å². The zero-order valence-electron chi connectivity index (χ0n) is 15.8. The standard InChI is InChI=1S/C22H38P/c1-3-5-7-9-11-13-15-17-19-21-23-22-20-18-16-14-12-10-8-6-4-2/h3-18H2,1-2H3. The first-order chi connectivity index (χ1) is 11.4. The molecule has 23 heavy (non-hydrogen) atoms. The van der Waals surface area contributed by atoms with Gasteiger partial charge in [-0.1, -0.05) is 114 Å². The highest BCUT2D eigenvalue weighted by Crippen LogP contribution is 2.10. The molecule has 0 bridgehead atoms. The molecule has 1 radical (unpaired) electrons. The van der Waals surface area contributed by atoms with Crippen LogP contribution < -0.4 is 0 Å². The molecular weight excluding hydrogens is 295 g/mol. The van der Waals surface area contributed by atoms with Crippen molar-refractivity contribution in [2.75, 3.05) is 0 Å². The van der Waals surface area contributed by atoms with Gasteiger partial charge in [0.05, 0.1) is 8.58 Å². The Balaban J connectivity index is 3.22. The topological polar surface area (TPSA) is 0 Å². The predicted octanol–water partition coefficient (Wildman–Crippen LogP) is 8.14. The highest BCUT2D eigenvalue weighted by molar-refractivity contribution is 7.49. The largest absolute Gasteiger partial charge is 0.0995 e. The van der Waals surface area contributed by atoms with Crippen LogP contribution in [0.1, 0.15) is 117 Å². The van der Waals surface area contributed by atoms with Gasteiger partial charge in [0, 0.05) is 12.8 Å². The molecule has 0 aliphatic heterocycles. The minimum absolute atomic E-state index is 1.01. The van der Waals surface area contributed by atoms with Gasteiger partial charge in [-0.15, -0.1) is 0 Å². The van der Waals surface area contributed by atoms with Crippen molar-refractivity contribution < 1.29 is 0 Å². The normalized spacial score (nSPS) is 9.83.